The molecule has 162 valence electrons. The van der Waals surface area contributed by atoms with E-state index in [4.69, 9.17) is 9.47 Å². The smallest absolute Gasteiger partial charge is 0.241 e. The number of carbonyl (C=O) groups excluding carboxylic acids is 1. The van der Waals surface area contributed by atoms with Gasteiger partial charge in [0.25, 0.3) is 0 Å². The molecule has 1 amide bonds. The van der Waals surface area contributed by atoms with E-state index >= 15 is 0 Å². The molecule has 0 radical (unpaired) electrons. The molecule has 1 atom stereocenters. The molecule has 1 aliphatic heterocycles. The molecule has 0 bridgehead atoms. The second kappa shape index (κ2) is 9.96. The number of methoxy groups -OCH3 is 2. The molecule has 2 aromatic rings. The van der Waals surface area contributed by atoms with E-state index in [2.05, 4.69) is 28.1 Å². The van der Waals surface area contributed by atoms with Crippen LogP contribution in [0.5, 0.6) is 11.5 Å². The highest BCUT2D eigenvalue weighted by molar-refractivity contribution is 5.95. The normalized spacial score (nSPS) is 16.2. The number of para-hydroxylation sites is 1. The molecular formula is C24H33N3O3. The molecule has 0 spiro atoms. The van der Waals surface area contributed by atoms with Crippen LogP contribution in [0.2, 0.25) is 0 Å². The quantitative estimate of drug-likeness (QED) is 0.756. The molecule has 2 aromatic carbocycles. The maximum atomic E-state index is 12.7. The van der Waals surface area contributed by atoms with Gasteiger partial charge >= 0.3 is 0 Å². The second-order valence-corrected chi connectivity index (χ2v) is 7.93. The average Bonchev–Trinajstić information content (AvgIpc) is 2.76. The Morgan fingerprint density at radius 3 is 2.27 bits per heavy atom. The van der Waals surface area contributed by atoms with Crippen molar-refractivity contribution >= 4 is 11.6 Å². The molecule has 0 unspecified atom stereocenters. The van der Waals surface area contributed by atoms with Gasteiger partial charge < -0.3 is 14.8 Å². The Labute approximate surface area is 179 Å². The summed E-state index contributed by atoms with van der Waals surface area (Å²) in [6.07, 6.45) is 0. The number of benzene rings is 2. The van der Waals surface area contributed by atoms with Crippen molar-refractivity contribution in [2.45, 2.75) is 33.4 Å². The van der Waals surface area contributed by atoms with Gasteiger partial charge in [-0.15, -0.1) is 0 Å². The fourth-order valence-corrected chi connectivity index (χ4v) is 3.86. The summed E-state index contributed by atoms with van der Waals surface area (Å²) in [7, 11) is 3.33. The summed E-state index contributed by atoms with van der Waals surface area (Å²) >= 11 is 0. The van der Waals surface area contributed by atoms with Crippen LogP contribution in [0.25, 0.3) is 0 Å². The Morgan fingerprint density at radius 2 is 1.63 bits per heavy atom. The van der Waals surface area contributed by atoms with Gasteiger partial charge in [-0.05, 0) is 55.7 Å². The number of piperazine rings is 1. The Bertz CT molecular complexity index is 876. The first kappa shape index (κ1) is 22.1. The van der Waals surface area contributed by atoms with Crippen molar-refractivity contribution in [3.05, 3.63) is 53.1 Å². The molecular weight excluding hydrogens is 378 g/mol. The lowest BCUT2D eigenvalue weighted by Crippen LogP contribution is -2.52. The van der Waals surface area contributed by atoms with Crippen LogP contribution in [0.4, 0.5) is 5.69 Å². The van der Waals surface area contributed by atoms with E-state index in [-0.39, 0.29) is 11.9 Å². The van der Waals surface area contributed by atoms with Gasteiger partial charge in [0.05, 0.1) is 20.3 Å². The standard InChI is InChI=1S/C24H33N3O3/c1-17-8-6-7-9-21(17)25-24(28)19(3)27-12-10-26(11-13-27)16-20-15-23(30-5)22(29-4)14-18(20)2/h6-9,14-15,19H,10-13,16H2,1-5H3,(H,25,28)/t19-/m0/s1. The lowest BCUT2D eigenvalue weighted by molar-refractivity contribution is -0.121. The Hall–Kier alpha value is -2.57. The molecule has 0 aromatic heterocycles. The minimum Gasteiger partial charge on any atom is -0.493 e. The van der Waals surface area contributed by atoms with Gasteiger partial charge in [0.15, 0.2) is 11.5 Å². The Kier molecular flexibility index (Phi) is 7.34. The van der Waals surface area contributed by atoms with Crippen molar-refractivity contribution in [3.8, 4) is 11.5 Å². The number of aryl methyl sites for hydroxylation is 2. The molecule has 30 heavy (non-hydrogen) atoms. The molecule has 6 nitrogen and oxygen atoms in total. The number of amides is 1. The van der Waals surface area contributed by atoms with Gasteiger partial charge in [0, 0.05) is 38.4 Å². The van der Waals surface area contributed by atoms with Crippen LogP contribution in [-0.4, -0.2) is 62.1 Å². The minimum absolute atomic E-state index is 0.0495. The molecule has 0 saturated carbocycles. The van der Waals surface area contributed by atoms with Gasteiger partial charge in [-0.3, -0.25) is 14.6 Å². The summed E-state index contributed by atoms with van der Waals surface area (Å²) < 4.78 is 10.8. The average molecular weight is 412 g/mol. The maximum Gasteiger partial charge on any atom is 0.241 e. The van der Waals surface area contributed by atoms with E-state index in [0.717, 1.165) is 55.5 Å². The number of carbonyl (C=O) groups is 1. The minimum atomic E-state index is -0.158. The van der Waals surface area contributed by atoms with Crippen LogP contribution in [0, 0.1) is 13.8 Å². The van der Waals surface area contributed by atoms with E-state index in [0.29, 0.717) is 0 Å². The van der Waals surface area contributed by atoms with E-state index in [1.807, 2.05) is 44.2 Å². The number of nitrogens with zero attached hydrogens (tertiary/aromatic N) is 2. The zero-order valence-corrected chi connectivity index (χ0v) is 18.7. The number of ether oxygens (including phenoxy) is 2. The first-order valence-corrected chi connectivity index (χ1v) is 10.5. The zero-order valence-electron chi connectivity index (χ0n) is 18.7. The van der Waals surface area contributed by atoms with Crippen molar-refractivity contribution in [2.24, 2.45) is 0 Å². The van der Waals surface area contributed by atoms with Gasteiger partial charge in [0.2, 0.25) is 5.91 Å². The number of anilines is 1. The lowest BCUT2D eigenvalue weighted by atomic mass is 10.1. The van der Waals surface area contributed by atoms with Crippen molar-refractivity contribution in [1.29, 1.82) is 0 Å². The van der Waals surface area contributed by atoms with Gasteiger partial charge in [-0.2, -0.15) is 0 Å². The van der Waals surface area contributed by atoms with Crippen LogP contribution < -0.4 is 14.8 Å². The SMILES string of the molecule is COc1cc(C)c(CN2CCN([C@@H](C)C(=O)Nc3ccccc3C)CC2)cc1OC. The van der Waals surface area contributed by atoms with Crippen LogP contribution >= 0.6 is 0 Å². The lowest BCUT2D eigenvalue weighted by Gasteiger charge is -2.37. The summed E-state index contributed by atoms with van der Waals surface area (Å²) in [4.78, 5) is 17.4. The van der Waals surface area contributed by atoms with Gasteiger partial charge in [-0.25, -0.2) is 0 Å². The molecule has 1 fully saturated rings. The third kappa shape index (κ3) is 5.12. The van der Waals surface area contributed by atoms with Gasteiger partial charge in [0.1, 0.15) is 0 Å². The monoisotopic (exact) mass is 411 g/mol. The highest BCUT2D eigenvalue weighted by atomic mass is 16.5. The first-order valence-electron chi connectivity index (χ1n) is 10.5. The molecule has 1 heterocycles. The predicted molar refractivity (Wildman–Crippen MR) is 120 cm³/mol. The summed E-state index contributed by atoms with van der Waals surface area (Å²) in [5, 5.41) is 3.07. The van der Waals surface area contributed by atoms with Gasteiger partial charge in [-0.1, -0.05) is 18.2 Å². The summed E-state index contributed by atoms with van der Waals surface area (Å²) in [5.41, 5.74) is 4.40. The summed E-state index contributed by atoms with van der Waals surface area (Å²) in [6, 6.07) is 11.8. The van der Waals surface area contributed by atoms with E-state index in [1.165, 1.54) is 11.1 Å². The van der Waals surface area contributed by atoms with Crippen molar-refractivity contribution in [1.82, 2.24) is 9.80 Å². The van der Waals surface area contributed by atoms with Crippen LogP contribution in [0.1, 0.15) is 23.6 Å². The number of rotatable bonds is 7. The molecule has 1 saturated heterocycles. The topological polar surface area (TPSA) is 54.0 Å². The fraction of sp³-hybridized carbons (Fsp3) is 0.458. The number of nitrogens with one attached hydrogen (secondary N) is 1. The van der Waals surface area contributed by atoms with Crippen molar-refractivity contribution in [3.63, 3.8) is 0 Å². The number of hydrogen-bond acceptors (Lipinski definition) is 5. The Balaban J connectivity index is 1.56. The fourth-order valence-electron chi connectivity index (χ4n) is 3.86. The molecule has 1 aliphatic rings. The van der Waals surface area contributed by atoms with Crippen LogP contribution in [-0.2, 0) is 11.3 Å². The third-order valence-electron chi connectivity index (χ3n) is 5.97. The van der Waals surface area contributed by atoms with E-state index in [9.17, 15) is 4.79 Å². The molecule has 6 heteroatoms. The zero-order chi connectivity index (χ0) is 21.7. The largest absolute Gasteiger partial charge is 0.493 e. The molecule has 1 N–H and O–H groups in total. The number of hydrogen-bond donors (Lipinski definition) is 1. The maximum absolute atomic E-state index is 12.7. The van der Waals surface area contributed by atoms with E-state index < -0.39 is 0 Å². The van der Waals surface area contributed by atoms with Crippen LogP contribution in [0.3, 0.4) is 0 Å². The highest BCUT2D eigenvalue weighted by Gasteiger charge is 2.26. The van der Waals surface area contributed by atoms with Crippen LogP contribution in [0.15, 0.2) is 36.4 Å². The van der Waals surface area contributed by atoms with Crippen molar-refractivity contribution in [2.75, 3.05) is 45.7 Å². The first-order chi connectivity index (χ1) is 14.4. The van der Waals surface area contributed by atoms with Crippen molar-refractivity contribution < 1.29 is 14.3 Å². The predicted octanol–water partition coefficient (Wildman–Crippen LogP) is 3.47. The highest BCUT2D eigenvalue weighted by Crippen LogP contribution is 2.31. The Morgan fingerprint density at radius 1 is 1.00 bits per heavy atom. The molecule has 3 rings (SSSR count). The molecule has 0 aliphatic carbocycles. The third-order valence-corrected chi connectivity index (χ3v) is 5.97. The summed E-state index contributed by atoms with van der Waals surface area (Å²) in [6.45, 7) is 10.6. The van der Waals surface area contributed by atoms with E-state index in [1.54, 1.807) is 14.2 Å². The second-order valence-electron chi connectivity index (χ2n) is 7.93. The summed E-state index contributed by atoms with van der Waals surface area (Å²) in [5.74, 6) is 1.57.